The summed E-state index contributed by atoms with van der Waals surface area (Å²) in [5, 5.41) is 0. The van der Waals surface area contributed by atoms with E-state index in [2.05, 4.69) is 9.97 Å². The number of primary amides is 1. The van der Waals surface area contributed by atoms with E-state index < -0.39 is 5.91 Å². The normalized spacial score (nSPS) is 13.7. The molecule has 2 aromatic heterocycles. The van der Waals surface area contributed by atoms with Crippen LogP contribution in [0.4, 0.5) is 11.6 Å². The average molecular weight is 252 g/mol. The number of rotatable bonds is 2. The van der Waals surface area contributed by atoms with Crippen LogP contribution in [-0.2, 0) is 4.79 Å². The lowest BCUT2D eigenvalue weighted by molar-refractivity contribution is -0.114. The number of amides is 1. The molecule has 3 heterocycles. The monoisotopic (exact) mass is 252 g/mol. The summed E-state index contributed by atoms with van der Waals surface area (Å²) >= 11 is 0. The third-order valence-electron chi connectivity index (χ3n) is 2.97. The van der Waals surface area contributed by atoms with Crippen molar-refractivity contribution in [2.75, 3.05) is 11.4 Å². The van der Waals surface area contributed by atoms with E-state index in [4.69, 9.17) is 5.73 Å². The molecule has 2 aromatic rings. The van der Waals surface area contributed by atoms with E-state index in [9.17, 15) is 4.79 Å². The summed E-state index contributed by atoms with van der Waals surface area (Å²) < 4.78 is 0. The van der Waals surface area contributed by atoms with Gasteiger partial charge in [-0.1, -0.05) is 6.07 Å². The molecular weight excluding hydrogens is 240 g/mol. The van der Waals surface area contributed by atoms with Crippen LogP contribution in [0.15, 0.2) is 48.3 Å². The van der Waals surface area contributed by atoms with Crippen LogP contribution in [0.25, 0.3) is 6.08 Å². The smallest absolute Gasteiger partial charge is 0.246 e. The third-order valence-corrected chi connectivity index (χ3v) is 2.97. The van der Waals surface area contributed by atoms with Crippen LogP contribution in [0.1, 0.15) is 5.56 Å². The predicted octanol–water partition coefficient (Wildman–Crippen LogP) is 1.50. The minimum Gasteiger partial charge on any atom is -0.366 e. The molecule has 0 fully saturated rings. The molecule has 0 aromatic carbocycles. The van der Waals surface area contributed by atoms with Crippen LogP contribution in [0, 0.1) is 0 Å². The van der Waals surface area contributed by atoms with Gasteiger partial charge in [0.2, 0.25) is 5.91 Å². The minimum atomic E-state index is -0.421. The molecule has 1 aliphatic rings. The molecule has 5 heteroatoms. The maximum Gasteiger partial charge on any atom is 0.246 e. The third kappa shape index (κ3) is 2.06. The quantitative estimate of drug-likeness (QED) is 0.879. The van der Waals surface area contributed by atoms with Crippen LogP contribution in [0.2, 0.25) is 0 Å². The van der Waals surface area contributed by atoms with Gasteiger partial charge in [-0.3, -0.25) is 4.79 Å². The number of hydrogen-bond donors (Lipinski definition) is 1. The largest absolute Gasteiger partial charge is 0.366 e. The Morgan fingerprint density at radius 3 is 2.74 bits per heavy atom. The highest BCUT2D eigenvalue weighted by atomic mass is 16.1. The Balaban J connectivity index is 2.12. The molecule has 2 N–H and O–H groups in total. The molecule has 0 saturated heterocycles. The second kappa shape index (κ2) is 4.53. The lowest BCUT2D eigenvalue weighted by Gasteiger charge is -2.28. The standard InChI is InChI=1S/C14H12N4O/c15-13(19)11-8-10-4-3-7-17-14(10)18(9-11)12-5-1-2-6-16-12/h1-8H,9H2,(H2,15,19). The fourth-order valence-electron chi connectivity index (χ4n) is 2.08. The van der Waals surface area contributed by atoms with Gasteiger partial charge in [0.15, 0.2) is 0 Å². The molecule has 19 heavy (non-hydrogen) atoms. The molecule has 1 aliphatic heterocycles. The van der Waals surface area contributed by atoms with E-state index in [-0.39, 0.29) is 0 Å². The number of carbonyl (C=O) groups excluding carboxylic acids is 1. The van der Waals surface area contributed by atoms with Gasteiger partial charge in [0.25, 0.3) is 0 Å². The number of nitrogens with two attached hydrogens (primary N) is 1. The Morgan fingerprint density at radius 2 is 2.00 bits per heavy atom. The lowest BCUT2D eigenvalue weighted by atomic mass is 10.1. The Bertz CT molecular complexity index is 652. The van der Waals surface area contributed by atoms with Crippen molar-refractivity contribution in [1.82, 2.24) is 9.97 Å². The van der Waals surface area contributed by atoms with Gasteiger partial charge in [0, 0.05) is 23.5 Å². The number of hydrogen-bond acceptors (Lipinski definition) is 4. The number of aromatic nitrogens is 2. The molecule has 5 nitrogen and oxygen atoms in total. The minimum absolute atomic E-state index is 0.385. The van der Waals surface area contributed by atoms with Gasteiger partial charge in [-0.15, -0.1) is 0 Å². The van der Waals surface area contributed by atoms with Gasteiger partial charge >= 0.3 is 0 Å². The molecule has 0 unspecified atom stereocenters. The molecular formula is C14H12N4O. The van der Waals surface area contributed by atoms with E-state index >= 15 is 0 Å². The van der Waals surface area contributed by atoms with Gasteiger partial charge in [0.1, 0.15) is 11.6 Å². The molecule has 0 atom stereocenters. The Hall–Kier alpha value is -2.69. The van der Waals surface area contributed by atoms with Crippen molar-refractivity contribution in [3.8, 4) is 0 Å². The zero-order valence-electron chi connectivity index (χ0n) is 10.2. The average Bonchev–Trinajstić information content (AvgIpc) is 2.47. The van der Waals surface area contributed by atoms with Crippen molar-refractivity contribution in [3.63, 3.8) is 0 Å². The summed E-state index contributed by atoms with van der Waals surface area (Å²) in [6.07, 6.45) is 5.21. The van der Waals surface area contributed by atoms with Crippen LogP contribution < -0.4 is 10.6 Å². The Morgan fingerprint density at radius 1 is 1.16 bits per heavy atom. The van der Waals surface area contributed by atoms with Crippen LogP contribution in [0.5, 0.6) is 0 Å². The summed E-state index contributed by atoms with van der Waals surface area (Å²) in [4.78, 5) is 22.0. The number of carbonyl (C=O) groups is 1. The number of anilines is 2. The molecule has 1 amide bonds. The molecule has 0 bridgehead atoms. The molecule has 94 valence electrons. The maximum absolute atomic E-state index is 11.4. The molecule has 0 aliphatic carbocycles. The highest BCUT2D eigenvalue weighted by Crippen LogP contribution is 2.31. The van der Waals surface area contributed by atoms with Gasteiger partial charge < -0.3 is 10.6 Å². The van der Waals surface area contributed by atoms with Crippen molar-refractivity contribution >= 4 is 23.6 Å². The summed E-state index contributed by atoms with van der Waals surface area (Å²) in [6, 6.07) is 9.35. The number of nitrogens with zero attached hydrogens (tertiary/aromatic N) is 3. The number of fused-ring (bicyclic) bond motifs is 1. The van der Waals surface area contributed by atoms with Gasteiger partial charge in [-0.25, -0.2) is 9.97 Å². The Kier molecular flexibility index (Phi) is 2.72. The fraction of sp³-hybridized carbons (Fsp3) is 0.0714. The molecule has 0 radical (unpaired) electrons. The van der Waals surface area contributed by atoms with E-state index in [1.165, 1.54) is 0 Å². The van der Waals surface area contributed by atoms with Crippen molar-refractivity contribution in [3.05, 3.63) is 53.9 Å². The molecule has 0 spiro atoms. The lowest BCUT2D eigenvalue weighted by Crippen LogP contribution is -2.30. The van der Waals surface area contributed by atoms with Gasteiger partial charge in [0.05, 0.1) is 6.54 Å². The van der Waals surface area contributed by atoms with Gasteiger partial charge in [-0.2, -0.15) is 0 Å². The zero-order valence-corrected chi connectivity index (χ0v) is 10.2. The first-order chi connectivity index (χ1) is 9.25. The highest BCUT2D eigenvalue weighted by molar-refractivity contribution is 6.00. The summed E-state index contributed by atoms with van der Waals surface area (Å²) in [5.74, 6) is 1.11. The summed E-state index contributed by atoms with van der Waals surface area (Å²) in [7, 11) is 0. The zero-order chi connectivity index (χ0) is 13.2. The van der Waals surface area contributed by atoms with E-state index in [0.29, 0.717) is 12.1 Å². The number of pyridine rings is 2. The van der Waals surface area contributed by atoms with Crippen molar-refractivity contribution in [1.29, 1.82) is 0 Å². The van der Waals surface area contributed by atoms with Crippen LogP contribution in [0.3, 0.4) is 0 Å². The van der Waals surface area contributed by atoms with E-state index in [1.54, 1.807) is 18.5 Å². The Labute approximate surface area is 110 Å². The van der Waals surface area contributed by atoms with Crippen molar-refractivity contribution < 1.29 is 4.79 Å². The highest BCUT2D eigenvalue weighted by Gasteiger charge is 2.23. The molecule has 0 saturated carbocycles. The first-order valence-corrected chi connectivity index (χ1v) is 5.89. The maximum atomic E-state index is 11.4. The first kappa shape index (κ1) is 11.4. The summed E-state index contributed by atoms with van der Waals surface area (Å²) in [6.45, 7) is 0.385. The SMILES string of the molecule is NC(=O)C1=Cc2cccnc2N(c2ccccn2)C1. The first-order valence-electron chi connectivity index (χ1n) is 5.89. The second-order valence-electron chi connectivity index (χ2n) is 4.22. The van der Waals surface area contributed by atoms with Crippen molar-refractivity contribution in [2.24, 2.45) is 5.73 Å². The van der Waals surface area contributed by atoms with Gasteiger partial charge in [-0.05, 0) is 30.3 Å². The van der Waals surface area contributed by atoms with Crippen LogP contribution in [-0.4, -0.2) is 22.4 Å². The summed E-state index contributed by atoms with van der Waals surface area (Å²) in [5.41, 5.74) is 6.81. The predicted molar refractivity (Wildman–Crippen MR) is 72.7 cm³/mol. The molecule has 3 rings (SSSR count). The fourth-order valence-corrected chi connectivity index (χ4v) is 2.08. The second-order valence-corrected chi connectivity index (χ2v) is 4.22. The van der Waals surface area contributed by atoms with E-state index in [0.717, 1.165) is 17.2 Å². The van der Waals surface area contributed by atoms with Crippen LogP contribution >= 0.6 is 0 Å². The van der Waals surface area contributed by atoms with E-state index in [1.807, 2.05) is 35.2 Å². The van der Waals surface area contributed by atoms with Crippen molar-refractivity contribution in [2.45, 2.75) is 0 Å². The topological polar surface area (TPSA) is 72.1 Å².